The highest BCUT2D eigenvalue weighted by Crippen LogP contribution is 2.29. The number of hydrogen-bond acceptors (Lipinski definition) is 4. The predicted octanol–water partition coefficient (Wildman–Crippen LogP) is 1.91. The molecule has 0 amide bonds. The maximum absolute atomic E-state index is 13.9. The van der Waals surface area contributed by atoms with Crippen LogP contribution in [-0.4, -0.2) is 48.3 Å². The Morgan fingerprint density at radius 1 is 1.56 bits per heavy atom. The Hall–Kier alpha value is -0.780. The number of aliphatic hydroxyl groups excluding tert-OH is 1. The van der Waals surface area contributed by atoms with Gasteiger partial charge < -0.3 is 9.84 Å². The molecule has 0 bridgehead atoms. The van der Waals surface area contributed by atoms with Crippen molar-refractivity contribution < 1.29 is 14.2 Å². The Bertz CT molecular complexity index is 416. The summed E-state index contributed by atoms with van der Waals surface area (Å²) in [7, 11) is 3.46. The van der Waals surface area contributed by atoms with E-state index in [0.717, 1.165) is 18.1 Å². The highest BCUT2D eigenvalue weighted by Gasteiger charge is 2.29. The maximum Gasteiger partial charge on any atom is 0.132 e. The van der Waals surface area contributed by atoms with Crippen LogP contribution in [-0.2, 0) is 0 Å². The first kappa shape index (κ1) is 13.6. The molecule has 1 aliphatic rings. The Labute approximate surface area is 111 Å². The van der Waals surface area contributed by atoms with Crippen molar-refractivity contribution in [3.05, 3.63) is 29.6 Å². The monoisotopic (exact) mass is 271 g/mol. The van der Waals surface area contributed by atoms with Crippen molar-refractivity contribution in [3.8, 4) is 5.75 Å². The first-order chi connectivity index (χ1) is 8.63. The average molecular weight is 271 g/mol. The van der Waals surface area contributed by atoms with E-state index >= 15 is 0 Å². The van der Waals surface area contributed by atoms with Crippen LogP contribution < -0.4 is 4.74 Å². The lowest BCUT2D eigenvalue weighted by Gasteiger charge is -2.35. The SMILES string of the molecule is COc1ccc(C(O)C2CSCCN2C)c(F)c1. The fourth-order valence-electron chi connectivity index (χ4n) is 2.12. The normalized spacial score (nSPS) is 22.8. The number of likely N-dealkylation sites (N-methyl/N-ethyl adjacent to an activating group) is 1. The van der Waals surface area contributed by atoms with Crippen molar-refractivity contribution in [3.63, 3.8) is 0 Å². The van der Waals surface area contributed by atoms with Crippen LogP contribution in [0.3, 0.4) is 0 Å². The van der Waals surface area contributed by atoms with Crippen LogP contribution in [0.15, 0.2) is 18.2 Å². The average Bonchev–Trinajstić information content (AvgIpc) is 2.38. The van der Waals surface area contributed by atoms with E-state index in [1.807, 2.05) is 7.05 Å². The van der Waals surface area contributed by atoms with Gasteiger partial charge in [0.05, 0.1) is 13.2 Å². The number of aliphatic hydroxyl groups is 1. The van der Waals surface area contributed by atoms with Crippen LogP contribution in [0.2, 0.25) is 0 Å². The summed E-state index contributed by atoms with van der Waals surface area (Å²) in [4.78, 5) is 2.09. The summed E-state index contributed by atoms with van der Waals surface area (Å²) >= 11 is 1.79. The lowest BCUT2D eigenvalue weighted by Crippen LogP contribution is -2.43. The molecule has 2 rings (SSSR count). The summed E-state index contributed by atoms with van der Waals surface area (Å²) in [5.74, 6) is 1.94. The van der Waals surface area contributed by atoms with Gasteiger partial charge in [0.1, 0.15) is 11.6 Å². The van der Waals surface area contributed by atoms with E-state index in [0.29, 0.717) is 11.3 Å². The van der Waals surface area contributed by atoms with E-state index in [4.69, 9.17) is 4.74 Å². The van der Waals surface area contributed by atoms with Gasteiger partial charge in [0.25, 0.3) is 0 Å². The van der Waals surface area contributed by atoms with E-state index in [1.165, 1.54) is 13.2 Å². The topological polar surface area (TPSA) is 32.7 Å². The number of nitrogens with zero attached hydrogens (tertiary/aromatic N) is 1. The highest BCUT2D eigenvalue weighted by atomic mass is 32.2. The lowest BCUT2D eigenvalue weighted by atomic mass is 10.0. The van der Waals surface area contributed by atoms with Crippen molar-refractivity contribution in [2.45, 2.75) is 12.1 Å². The van der Waals surface area contributed by atoms with Crippen LogP contribution in [0, 0.1) is 5.82 Å². The molecule has 3 nitrogen and oxygen atoms in total. The molecule has 18 heavy (non-hydrogen) atoms. The summed E-state index contributed by atoms with van der Waals surface area (Å²) in [6.45, 7) is 0.921. The molecule has 0 saturated carbocycles. The molecule has 1 heterocycles. The van der Waals surface area contributed by atoms with Crippen molar-refractivity contribution >= 4 is 11.8 Å². The molecule has 100 valence electrons. The fourth-order valence-corrected chi connectivity index (χ4v) is 3.38. The van der Waals surface area contributed by atoms with Gasteiger partial charge in [-0.2, -0.15) is 11.8 Å². The van der Waals surface area contributed by atoms with Gasteiger partial charge in [-0.05, 0) is 19.2 Å². The van der Waals surface area contributed by atoms with E-state index in [2.05, 4.69) is 4.90 Å². The minimum Gasteiger partial charge on any atom is -0.497 e. The van der Waals surface area contributed by atoms with Crippen LogP contribution in [0.4, 0.5) is 4.39 Å². The third-order valence-electron chi connectivity index (χ3n) is 3.33. The molecular formula is C13H18FNO2S. The third-order valence-corrected chi connectivity index (χ3v) is 4.38. The van der Waals surface area contributed by atoms with Gasteiger partial charge in [0.15, 0.2) is 0 Å². The molecule has 2 unspecified atom stereocenters. The zero-order chi connectivity index (χ0) is 13.1. The molecule has 0 spiro atoms. The Morgan fingerprint density at radius 3 is 2.94 bits per heavy atom. The molecule has 2 atom stereocenters. The van der Waals surface area contributed by atoms with Gasteiger partial charge in [-0.3, -0.25) is 4.90 Å². The van der Waals surface area contributed by atoms with Crippen molar-refractivity contribution in [1.29, 1.82) is 0 Å². The van der Waals surface area contributed by atoms with Gasteiger partial charge >= 0.3 is 0 Å². The predicted molar refractivity (Wildman–Crippen MR) is 71.7 cm³/mol. The zero-order valence-electron chi connectivity index (χ0n) is 10.6. The number of thioether (sulfide) groups is 1. The molecule has 0 aromatic heterocycles. The second-order valence-corrected chi connectivity index (χ2v) is 5.60. The molecular weight excluding hydrogens is 253 g/mol. The molecule has 1 N–H and O–H groups in total. The molecule has 0 aliphatic carbocycles. The number of methoxy groups -OCH3 is 1. The van der Waals surface area contributed by atoms with Crippen molar-refractivity contribution in [2.24, 2.45) is 0 Å². The minimum absolute atomic E-state index is 0.0355. The molecule has 0 radical (unpaired) electrons. The quantitative estimate of drug-likeness (QED) is 0.910. The zero-order valence-corrected chi connectivity index (χ0v) is 11.4. The van der Waals surface area contributed by atoms with Gasteiger partial charge in [-0.1, -0.05) is 0 Å². The van der Waals surface area contributed by atoms with E-state index < -0.39 is 11.9 Å². The summed E-state index contributed by atoms with van der Waals surface area (Å²) in [5.41, 5.74) is 0.343. The highest BCUT2D eigenvalue weighted by molar-refractivity contribution is 7.99. The number of hydrogen-bond donors (Lipinski definition) is 1. The largest absolute Gasteiger partial charge is 0.497 e. The summed E-state index contributed by atoms with van der Waals surface area (Å²) < 4.78 is 18.9. The lowest BCUT2D eigenvalue weighted by molar-refractivity contribution is 0.0730. The Morgan fingerprint density at radius 2 is 2.33 bits per heavy atom. The van der Waals surface area contributed by atoms with Crippen molar-refractivity contribution in [1.82, 2.24) is 4.90 Å². The van der Waals surface area contributed by atoms with Crippen LogP contribution >= 0.6 is 11.8 Å². The van der Waals surface area contributed by atoms with Gasteiger partial charge in [0.2, 0.25) is 0 Å². The van der Waals surface area contributed by atoms with E-state index in [-0.39, 0.29) is 6.04 Å². The van der Waals surface area contributed by atoms with E-state index in [1.54, 1.807) is 23.9 Å². The first-order valence-corrected chi connectivity index (χ1v) is 7.08. The molecule has 5 heteroatoms. The molecule has 1 aromatic rings. The van der Waals surface area contributed by atoms with Crippen LogP contribution in [0.25, 0.3) is 0 Å². The first-order valence-electron chi connectivity index (χ1n) is 5.93. The minimum atomic E-state index is -0.797. The Balaban J connectivity index is 2.19. The van der Waals surface area contributed by atoms with Crippen LogP contribution in [0.5, 0.6) is 5.75 Å². The molecule has 1 saturated heterocycles. The maximum atomic E-state index is 13.9. The second-order valence-electron chi connectivity index (χ2n) is 4.46. The Kier molecular flexibility index (Phi) is 4.48. The fraction of sp³-hybridized carbons (Fsp3) is 0.538. The van der Waals surface area contributed by atoms with Crippen LogP contribution in [0.1, 0.15) is 11.7 Å². The van der Waals surface area contributed by atoms with Gasteiger partial charge in [-0.15, -0.1) is 0 Å². The number of rotatable bonds is 3. The smallest absolute Gasteiger partial charge is 0.132 e. The molecule has 1 aliphatic heterocycles. The molecule has 1 aromatic carbocycles. The molecule has 1 fully saturated rings. The summed E-state index contributed by atoms with van der Waals surface area (Å²) in [6, 6.07) is 4.56. The number of ether oxygens (including phenoxy) is 1. The second kappa shape index (κ2) is 5.91. The number of halogens is 1. The summed E-state index contributed by atoms with van der Waals surface area (Å²) in [6.07, 6.45) is -0.797. The van der Waals surface area contributed by atoms with Gasteiger partial charge in [-0.25, -0.2) is 4.39 Å². The standard InChI is InChI=1S/C13H18FNO2S/c1-15-5-6-18-8-12(15)13(16)10-4-3-9(17-2)7-11(10)14/h3-4,7,12-13,16H,5-6,8H2,1-2H3. The summed E-state index contributed by atoms with van der Waals surface area (Å²) in [5, 5.41) is 10.3. The third kappa shape index (κ3) is 2.79. The van der Waals surface area contributed by atoms with Gasteiger partial charge in [0, 0.05) is 35.7 Å². The number of benzene rings is 1. The van der Waals surface area contributed by atoms with Crippen molar-refractivity contribution in [2.75, 3.05) is 32.2 Å². The van der Waals surface area contributed by atoms with E-state index in [9.17, 15) is 9.50 Å².